The van der Waals surface area contributed by atoms with Gasteiger partial charge in [-0.1, -0.05) is 0 Å². The first-order valence-corrected chi connectivity index (χ1v) is 6.16. The SMILES string of the molecule is Cc1cc([N+](=O)[O-])ccc1OCC1CCCCO1. The second-order valence-corrected chi connectivity index (χ2v) is 4.51. The lowest BCUT2D eigenvalue weighted by atomic mass is 10.1. The first-order valence-electron chi connectivity index (χ1n) is 6.16. The number of nitro groups is 1. The maximum absolute atomic E-state index is 10.6. The molecule has 1 atom stereocenters. The summed E-state index contributed by atoms with van der Waals surface area (Å²) in [6.45, 7) is 3.12. The van der Waals surface area contributed by atoms with Gasteiger partial charge in [0.25, 0.3) is 5.69 Å². The summed E-state index contributed by atoms with van der Waals surface area (Å²) in [4.78, 5) is 10.2. The fourth-order valence-electron chi connectivity index (χ4n) is 2.03. The number of aryl methyl sites for hydroxylation is 1. The van der Waals surface area contributed by atoms with Crippen molar-refractivity contribution in [2.45, 2.75) is 32.3 Å². The van der Waals surface area contributed by atoms with Gasteiger partial charge in [-0.3, -0.25) is 10.1 Å². The van der Waals surface area contributed by atoms with Crippen LogP contribution >= 0.6 is 0 Å². The highest BCUT2D eigenvalue weighted by Crippen LogP contribution is 2.24. The van der Waals surface area contributed by atoms with E-state index in [2.05, 4.69) is 0 Å². The lowest BCUT2D eigenvalue weighted by Crippen LogP contribution is -2.25. The number of nitrogens with zero attached hydrogens (tertiary/aromatic N) is 1. The van der Waals surface area contributed by atoms with Crippen LogP contribution in [-0.4, -0.2) is 24.2 Å². The number of non-ortho nitro benzene ring substituents is 1. The van der Waals surface area contributed by atoms with Gasteiger partial charge in [-0.15, -0.1) is 0 Å². The monoisotopic (exact) mass is 251 g/mol. The summed E-state index contributed by atoms with van der Waals surface area (Å²) in [5.41, 5.74) is 0.869. The van der Waals surface area contributed by atoms with E-state index in [0.717, 1.165) is 25.0 Å². The van der Waals surface area contributed by atoms with Gasteiger partial charge in [-0.2, -0.15) is 0 Å². The zero-order valence-electron chi connectivity index (χ0n) is 10.4. The molecule has 98 valence electrons. The minimum atomic E-state index is -0.402. The molecule has 1 aromatic carbocycles. The van der Waals surface area contributed by atoms with Gasteiger partial charge in [0.2, 0.25) is 0 Å². The normalized spacial score (nSPS) is 19.5. The minimum absolute atomic E-state index is 0.0915. The molecule has 0 saturated carbocycles. The van der Waals surface area contributed by atoms with E-state index in [9.17, 15) is 10.1 Å². The summed E-state index contributed by atoms with van der Waals surface area (Å²) in [7, 11) is 0. The Bertz CT molecular complexity index is 427. The van der Waals surface area contributed by atoms with Crippen molar-refractivity contribution in [2.24, 2.45) is 0 Å². The smallest absolute Gasteiger partial charge is 0.269 e. The van der Waals surface area contributed by atoms with E-state index >= 15 is 0 Å². The molecule has 18 heavy (non-hydrogen) atoms. The predicted molar refractivity (Wildman–Crippen MR) is 66.9 cm³/mol. The first-order chi connectivity index (χ1) is 8.66. The average molecular weight is 251 g/mol. The van der Waals surface area contributed by atoms with Crippen molar-refractivity contribution in [1.82, 2.24) is 0 Å². The number of benzene rings is 1. The zero-order chi connectivity index (χ0) is 13.0. The van der Waals surface area contributed by atoms with Crippen molar-refractivity contribution < 1.29 is 14.4 Å². The molecule has 1 aromatic rings. The minimum Gasteiger partial charge on any atom is -0.491 e. The van der Waals surface area contributed by atoms with E-state index in [1.165, 1.54) is 18.6 Å². The van der Waals surface area contributed by atoms with Gasteiger partial charge in [0.05, 0.1) is 11.0 Å². The number of nitro benzene ring substituents is 1. The molecule has 1 fully saturated rings. The molecule has 5 heteroatoms. The van der Waals surface area contributed by atoms with E-state index in [0.29, 0.717) is 12.4 Å². The van der Waals surface area contributed by atoms with Gasteiger partial charge < -0.3 is 9.47 Å². The van der Waals surface area contributed by atoms with Crippen LogP contribution in [0.4, 0.5) is 5.69 Å². The molecule has 1 aliphatic heterocycles. The Morgan fingerprint density at radius 2 is 2.33 bits per heavy atom. The topological polar surface area (TPSA) is 61.6 Å². The Labute approximate surface area is 106 Å². The van der Waals surface area contributed by atoms with Crippen molar-refractivity contribution in [2.75, 3.05) is 13.2 Å². The van der Waals surface area contributed by atoms with E-state index in [1.54, 1.807) is 6.07 Å². The molecule has 5 nitrogen and oxygen atoms in total. The third-order valence-corrected chi connectivity index (χ3v) is 3.07. The second kappa shape index (κ2) is 5.82. The quantitative estimate of drug-likeness (QED) is 0.609. The van der Waals surface area contributed by atoms with Crippen LogP contribution in [0.25, 0.3) is 0 Å². The first kappa shape index (κ1) is 12.8. The maximum Gasteiger partial charge on any atom is 0.269 e. The fourth-order valence-corrected chi connectivity index (χ4v) is 2.03. The molecule has 0 amide bonds. The molecular weight excluding hydrogens is 234 g/mol. The molecule has 0 N–H and O–H groups in total. The van der Waals surface area contributed by atoms with Crippen molar-refractivity contribution in [3.05, 3.63) is 33.9 Å². The van der Waals surface area contributed by atoms with E-state index in [4.69, 9.17) is 9.47 Å². The summed E-state index contributed by atoms with van der Waals surface area (Å²) < 4.78 is 11.2. The molecule has 1 unspecified atom stereocenters. The van der Waals surface area contributed by atoms with Gasteiger partial charge in [0.1, 0.15) is 12.4 Å². The highest BCUT2D eigenvalue weighted by Gasteiger charge is 2.15. The fraction of sp³-hybridized carbons (Fsp3) is 0.538. The predicted octanol–water partition coefficient (Wildman–Crippen LogP) is 2.85. The Kier molecular flexibility index (Phi) is 4.15. The van der Waals surface area contributed by atoms with Gasteiger partial charge >= 0.3 is 0 Å². The van der Waals surface area contributed by atoms with E-state index < -0.39 is 4.92 Å². The molecule has 0 spiro atoms. The summed E-state index contributed by atoms with van der Waals surface area (Å²) in [5, 5.41) is 10.6. The van der Waals surface area contributed by atoms with Gasteiger partial charge in [-0.05, 0) is 37.8 Å². The Morgan fingerprint density at radius 3 is 2.94 bits per heavy atom. The van der Waals surface area contributed by atoms with Crippen molar-refractivity contribution >= 4 is 5.69 Å². The number of ether oxygens (including phenoxy) is 2. The molecule has 1 aliphatic rings. The number of rotatable bonds is 4. The number of hydrogen-bond acceptors (Lipinski definition) is 4. The average Bonchev–Trinajstić information content (AvgIpc) is 2.38. The van der Waals surface area contributed by atoms with Crippen LogP contribution < -0.4 is 4.74 Å². The molecular formula is C13H17NO4. The van der Waals surface area contributed by atoms with Crippen molar-refractivity contribution in [1.29, 1.82) is 0 Å². The molecule has 1 saturated heterocycles. The van der Waals surface area contributed by atoms with Crippen LogP contribution in [0.3, 0.4) is 0 Å². The van der Waals surface area contributed by atoms with Gasteiger partial charge in [0, 0.05) is 18.7 Å². The third kappa shape index (κ3) is 3.20. The Hall–Kier alpha value is -1.62. The summed E-state index contributed by atoms with van der Waals surface area (Å²) in [6, 6.07) is 4.64. The summed E-state index contributed by atoms with van der Waals surface area (Å²) in [5.74, 6) is 0.690. The van der Waals surface area contributed by atoms with Gasteiger partial charge in [0.15, 0.2) is 0 Å². The van der Waals surface area contributed by atoms with Gasteiger partial charge in [-0.25, -0.2) is 0 Å². The molecule has 2 rings (SSSR count). The molecule has 0 aliphatic carbocycles. The standard InChI is InChI=1S/C13H17NO4/c1-10-8-11(14(15)16)5-6-13(10)18-9-12-4-2-3-7-17-12/h5-6,8,12H,2-4,7,9H2,1H3. The second-order valence-electron chi connectivity index (χ2n) is 4.51. The van der Waals surface area contributed by atoms with Crippen LogP contribution in [0, 0.1) is 17.0 Å². The summed E-state index contributed by atoms with van der Waals surface area (Å²) >= 11 is 0. The molecule has 0 aromatic heterocycles. The lowest BCUT2D eigenvalue weighted by Gasteiger charge is -2.22. The van der Waals surface area contributed by atoms with E-state index in [-0.39, 0.29) is 11.8 Å². The third-order valence-electron chi connectivity index (χ3n) is 3.07. The summed E-state index contributed by atoms with van der Waals surface area (Å²) in [6.07, 6.45) is 3.46. The largest absolute Gasteiger partial charge is 0.491 e. The highest BCUT2D eigenvalue weighted by molar-refractivity contribution is 5.42. The van der Waals surface area contributed by atoms with Crippen molar-refractivity contribution in [3.8, 4) is 5.75 Å². The molecule has 0 radical (unpaired) electrons. The molecule has 0 bridgehead atoms. The van der Waals surface area contributed by atoms with E-state index in [1.807, 2.05) is 6.92 Å². The molecule has 1 heterocycles. The maximum atomic E-state index is 10.6. The Balaban J connectivity index is 1.94. The van der Waals surface area contributed by atoms with Crippen LogP contribution in [0.1, 0.15) is 24.8 Å². The van der Waals surface area contributed by atoms with Crippen LogP contribution in [0.5, 0.6) is 5.75 Å². The highest BCUT2D eigenvalue weighted by atomic mass is 16.6. The number of hydrogen-bond donors (Lipinski definition) is 0. The van der Waals surface area contributed by atoms with Crippen molar-refractivity contribution in [3.63, 3.8) is 0 Å². The Morgan fingerprint density at radius 1 is 1.50 bits per heavy atom. The zero-order valence-corrected chi connectivity index (χ0v) is 10.4. The van der Waals surface area contributed by atoms with Crippen LogP contribution in [0.2, 0.25) is 0 Å². The van der Waals surface area contributed by atoms with Crippen LogP contribution in [0.15, 0.2) is 18.2 Å². The van der Waals surface area contributed by atoms with Crippen LogP contribution in [-0.2, 0) is 4.74 Å². The lowest BCUT2D eigenvalue weighted by molar-refractivity contribution is -0.384.